The molecule has 0 saturated carbocycles. The van der Waals surface area contributed by atoms with Crippen LogP contribution in [0.2, 0.25) is 0 Å². The highest BCUT2D eigenvalue weighted by Crippen LogP contribution is 2.11. The lowest BCUT2D eigenvalue weighted by Gasteiger charge is -2.00. The number of carbonyl (C=O) groups excluding carboxylic acids is 1. The topological polar surface area (TPSA) is 72.2 Å². The van der Waals surface area contributed by atoms with E-state index in [1.54, 1.807) is 12.1 Å². The van der Waals surface area contributed by atoms with Gasteiger partial charge in [0.15, 0.2) is 0 Å². The van der Waals surface area contributed by atoms with Crippen molar-refractivity contribution in [3.63, 3.8) is 0 Å². The third-order valence-corrected chi connectivity index (χ3v) is 2.75. The molecule has 0 unspecified atom stereocenters. The minimum Gasteiger partial charge on any atom is -0.341 e. The maximum Gasteiger partial charge on any atom is 0.269 e. The molecule has 0 atom stereocenters. The van der Waals surface area contributed by atoms with Crippen molar-refractivity contribution in [2.24, 2.45) is 0 Å². The van der Waals surface area contributed by atoms with Crippen molar-refractivity contribution in [1.29, 1.82) is 0 Å². The predicted molar refractivity (Wildman–Crippen MR) is 78.7 cm³/mol. The number of non-ortho nitro benzene ring substituents is 1. The molecule has 0 radical (unpaired) electrons. The second-order valence-corrected chi connectivity index (χ2v) is 4.30. The highest BCUT2D eigenvalue weighted by Gasteiger charge is 2.08. The van der Waals surface area contributed by atoms with Gasteiger partial charge in [0.05, 0.1) is 11.5 Å². The first-order valence-electron chi connectivity index (χ1n) is 6.33. The standard InChI is InChI=1S/C16H11FN2O3/c17-14-7-3-12(4-8-14)2-1-11-18-16(20)13-5-9-15(10-6-13)19(21)22/h3-10H,11H2,(H,18,20). The van der Waals surface area contributed by atoms with Crippen molar-refractivity contribution in [2.75, 3.05) is 6.54 Å². The Morgan fingerprint density at radius 3 is 2.36 bits per heavy atom. The quantitative estimate of drug-likeness (QED) is 0.537. The molecular formula is C16H11FN2O3. The first-order chi connectivity index (χ1) is 10.6. The molecule has 0 spiro atoms. The highest BCUT2D eigenvalue weighted by molar-refractivity contribution is 5.94. The Morgan fingerprint density at radius 2 is 1.77 bits per heavy atom. The molecule has 0 aliphatic rings. The number of hydrogen-bond donors (Lipinski definition) is 1. The van der Waals surface area contributed by atoms with Crippen LogP contribution in [0.3, 0.4) is 0 Å². The lowest BCUT2D eigenvalue weighted by Crippen LogP contribution is -2.23. The molecule has 0 heterocycles. The summed E-state index contributed by atoms with van der Waals surface area (Å²) in [5, 5.41) is 13.1. The minimum absolute atomic E-state index is 0.0762. The van der Waals surface area contributed by atoms with Crippen molar-refractivity contribution in [3.05, 3.63) is 75.6 Å². The summed E-state index contributed by atoms with van der Waals surface area (Å²) in [6.45, 7) is 0.118. The van der Waals surface area contributed by atoms with E-state index < -0.39 is 4.92 Å². The third-order valence-electron chi connectivity index (χ3n) is 2.75. The van der Waals surface area contributed by atoms with Crippen LogP contribution in [-0.2, 0) is 0 Å². The molecule has 2 rings (SSSR count). The van der Waals surface area contributed by atoms with Gasteiger partial charge >= 0.3 is 0 Å². The number of rotatable bonds is 3. The first kappa shape index (κ1) is 15.2. The van der Waals surface area contributed by atoms with Crippen molar-refractivity contribution in [3.8, 4) is 11.8 Å². The van der Waals surface area contributed by atoms with Gasteiger partial charge in [-0.15, -0.1) is 0 Å². The zero-order chi connectivity index (χ0) is 15.9. The Hall–Kier alpha value is -3.20. The summed E-state index contributed by atoms with van der Waals surface area (Å²) in [4.78, 5) is 21.8. The van der Waals surface area contributed by atoms with E-state index in [0.29, 0.717) is 11.1 Å². The van der Waals surface area contributed by atoms with Crippen LogP contribution in [0.4, 0.5) is 10.1 Å². The fourth-order valence-electron chi connectivity index (χ4n) is 1.64. The van der Waals surface area contributed by atoms with Crippen LogP contribution < -0.4 is 5.32 Å². The van der Waals surface area contributed by atoms with Crippen LogP contribution in [0, 0.1) is 27.8 Å². The zero-order valence-corrected chi connectivity index (χ0v) is 11.4. The second-order valence-electron chi connectivity index (χ2n) is 4.30. The molecule has 0 aliphatic heterocycles. The summed E-state index contributed by atoms with van der Waals surface area (Å²) in [6, 6.07) is 11.0. The van der Waals surface area contributed by atoms with Gasteiger partial charge in [-0.3, -0.25) is 14.9 Å². The van der Waals surface area contributed by atoms with Gasteiger partial charge in [0, 0.05) is 23.3 Å². The van der Waals surface area contributed by atoms with Gasteiger partial charge in [-0.2, -0.15) is 0 Å². The van der Waals surface area contributed by atoms with Crippen LogP contribution in [0.15, 0.2) is 48.5 Å². The molecule has 0 aliphatic carbocycles. The number of amides is 1. The van der Waals surface area contributed by atoms with Crippen molar-refractivity contribution in [2.45, 2.75) is 0 Å². The van der Waals surface area contributed by atoms with Gasteiger partial charge in [0.25, 0.3) is 11.6 Å². The molecule has 2 aromatic carbocycles. The van der Waals surface area contributed by atoms with Crippen molar-refractivity contribution in [1.82, 2.24) is 5.32 Å². The average molecular weight is 298 g/mol. The van der Waals surface area contributed by atoms with Crippen molar-refractivity contribution < 1.29 is 14.1 Å². The number of nitro groups is 1. The summed E-state index contributed by atoms with van der Waals surface area (Å²) < 4.78 is 12.7. The molecule has 2 aromatic rings. The highest BCUT2D eigenvalue weighted by atomic mass is 19.1. The monoisotopic (exact) mass is 298 g/mol. The van der Waals surface area contributed by atoms with Crippen molar-refractivity contribution >= 4 is 11.6 Å². The van der Waals surface area contributed by atoms with Gasteiger partial charge in [-0.25, -0.2) is 4.39 Å². The Morgan fingerprint density at radius 1 is 1.14 bits per heavy atom. The molecular weight excluding hydrogens is 287 g/mol. The predicted octanol–water partition coefficient (Wildman–Crippen LogP) is 2.52. The van der Waals surface area contributed by atoms with Gasteiger partial charge in [-0.1, -0.05) is 11.8 Å². The van der Waals surface area contributed by atoms with E-state index >= 15 is 0 Å². The number of hydrogen-bond acceptors (Lipinski definition) is 3. The number of nitrogens with one attached hydrogen (secondary N) is 1. The number of benzene rings is 2. The smallest absolute Gasteiger partial charge is 0.269 e. The van der Waals surface area contributed by atoms with E-state index in [0.717, 1.165) is 0 Å². The first-order valence-corrected chi connectivity index (χ1v) is 6.33. The normalized spacial score (nSPS) is 9.50. The molecule has 22 heavy (non-hydrogen) atoms. The number of nitrogens with zero attached hydrogens (tertiary/aromatic N) is 1. The number of nitro benzene ring substituents is 1. The maximum absolute atomic E-state index is 12.7. The van der Waals surface area contributed by atoms with E-state index in [2.05, 4.69) is 17.2 Å². The van der Waals surface area contributed by atoms with E-state index in [4.69, 9.17) is 0 Å². The van der Waals surface area contributed by atoms with Gasteiger partial charge in [-0.05, 0) is 36.4 Å². The fourth-order valence-corrected chi connectivity index (χ4v) is 1.64. The number of halogens is 1. The number of carbonyl (C=O) groups is 1. The zero-order valence-electron chi connectivity index (χ0n) is 11.4. The van der Waals surface area contributed by atoms with Crippen LogP contribution in [-0.4, -0.2) is 17.4 Å². The molecule has 1 N–H and O–H groups in total. The van der Waals surface area contributed by atoms with E-state index in [1.807, 2.05) is 0 Å². The minimum atomic E-state index is -0.532. The molecule has 0 bridgehead atoms. The summed E-state index contributed by atoms with van der Waals surface area (Å²) >= 11 is 0. The summed E-state index contributed by atoms with van der Waals surface area (Å²) in [7, 11) is 0. The Labute approximate surface area is 125 Å². The Kier molecular flexibility index (Phi) is 4.83. The molecule has 110 valence electrons. The lowest BCUT2D eigenvalue weighted by atomic mass is 10.2. The summed E-state index contributed by atoms with van der Waals surface area (Å²) in [5.41, 5.74) is 0.882. The summed E-state index contributed by atoms with van der Waals surface area (Å²) in [6.07, 6.45) is 0. The van der Waals surface area contributed by atoms with Gasteiger partial charge < -0.3 is 5.32 Å². The van der Waals surface area contributed by atoms with E-state index in [1.165, 1.54) is 36.4 Å². The van der Waals surface area contributed by atoms with E-state index in [-0.39, 0.29) is 24.0 Å². The molecule has 6 heteroatoms. The molecule has 0 fully saturated rings. The lowest BCUT2D eigenvalue weighted by molar-refractivity contribution is -0.384. The van der Waals surface area contributed by atoms with Crippen LogP contribution >= 0.6 is 0 Å². The van der Waals surface area contributed by atoms with Crippen LogP contribution in [0.1, 0.15) is 15.9 Å². The third kappa shape index (κ3) is 4.15. The van der Waals surface area contributed by atoms with E-state index in [9.17, 15) is 19.3 Å². The Bertz CT molecular complexity index is 744. The molecule has 0 saturated heterocycles. The largest absolute Gasteiger partial charge is 0.341 e. The van der Waals surface area contributed by atoms with Gasteiger partial charge in [0.1, 0.15) is 5.82 Å². The molecule has 0 aromatic heterocycles. The second kappa shape index (κ2) is 6.99. The van der Waals surface area contributed by atoms with Gasteiger partial charge in [0.2, 0.25) is 0 Å². The average Bonchev–Trinajstić information content (AvgIpc) is 2.53. The fraction of sp³-hybridized carbons (Fsp3) is 0.0625. The maximum atomic E-state index is 12.7. The summed E-state index contributed by atoms with van der Waals surface area (Å²) in [5.74, 6) is 4.81. The van der Waals surface area contributed by atoms with Crippen LogP contribution in [0.5, 0.6) is 0 Å². The van der Waals surface area contributed by atoms with Crippen LogP contribution in [0.25, 0.3) is 0 Å². The molecule has 1 amide bonds. The SMILES string of the molecule is O=C(NCC#Cc1ccc(F)cc1)c1ccc([N+](=O)[O-])cc1. The Balaban J connectivity index is 1.90. The molecule has 5 nitrogen and oxygen atoms in total.